The van der Waals surface area contributed by atoms with Crippen LogP contribution in [0.4, 0.5) is 0 Å². The molecular weight excluding hydrogens is 442 g/mol. The maximum Gasteiger partial charge on any atom is 0.246 e. The molecule has 1 atom stereocenters. The van der Waals surface area contributed by atoms with Gasteiger partial charge in [0, 0.05) is 31.7 Å². The third-order valence-electron chi connectivity index (χ3n) is 6.55. The SMILES string of the molecule is Cc1nn(CC(=O)NC(C)(C)C)c(C)c1S(=O)(=O)N1CCC[C@@H](C(=O)N2CCC(C)CC2)C1. The molecule has 0 aliphatic carbocycles. The average molecular weight is 482 g/mol. The van der Waals surface area contributed by atoms with E-state index in [1.54, 1.807) is 13.8 Å². The predicted octanol–water partition coefficient (Wildman–Crippen LogP) is 2.07. The highest BCUT2D eigenvalue weighted by Gasteiger charge is 2.38. The maximum atomic E-state index is 13.6. The monoisotopic (exact) mass is 481 g/mol. The Bertz CT molecular complexity index is 987. The number of aromatic nitrogens is 2. The molecule has 0 spiro atoms. The number of amides is 2. The van der Waals surface area contributed by atoms with Gasteiger partial charge in [0.15, 0.2) is 0 Å². The first kappa shape index (κ1) is 25.7. The van der Waals surface area contributed by atoms with Crippen molar-refractivity contribution in [3.63, 3.8) is 0 Å². The van der Waals surface area contributed by atoms with E-state index in [2.05, 4.69) is 17.3 Å². The number of nitrogens with one attached hydrogen (secondary N) is 1. The van der Waals surface area contributed by atoms with Gasteiger partial charge in [0.2, 0.25) is 21.8 Å². The van der Waals surface area contributed by atoms with E-state index >= 15 is 0 Å². The van der Waals surface area contributed by atoms with Gasteiger partial charge in [-0.05, 0) is 66.2 Å². The summed E-state index contributed by atoms with van der Waals surface area (Å²) >= 11 is 0. The molecule has 9 nitrogen and oxygen atoms in total. The van der Waals surface area contributed by atoms with Crippen LogP contribution in [0.3, 0.4) is 0 Å². The minimum atomic E-state index is -3.83. The molecule has 2 aliphatic heterocycles. The Morgan fingerprint density at radius 1 is 1.09 bits per heavy atom. The Kier molecular flexibility index (Phi) is 7.58. The number of piperidine rings is 2. The Balaban J connectivity index is 1.76. The smallest absolute Gasteiger partial charge is 0.246 e. The Morgan fingerprint density at radius 3 is 2.33 bits per heavy atom. The van der Waals surface area contributed by atoms with Crippen molar-refractivity contribution in [2.24, 2.45) is 11.8 Å². The summed E-state index contributed by atoms with van der Waals surface area (Å²) in [5, 5.41) is 7.23. The minimum absolute atomic E-state index is 0.0477. The number of aryl methyl sites for hydroxylation is 1. The lowest BCUT2D eigenvalue weighted by atomic mass is 9.94. The predicted molar refractivity (Wildman–Crippen MR) is 126 cm³/mol. The van der Waals surface area contributed by atoms with Gasteiger partial charge in [-0.1, -0.05) is 6.92 Å². The summed E-state index contributed by atoms with van der Waals surface area (Å²) in [6, 6.07) is 0. The van der Waals surface area contributed by atoms with Crippen LogP contribution in [-0.2, 0) is 26.2 Å². The van der Waals surface area contributed by atoms with Crippen molar-refractivity contribution in [2.75, 3.05) is 26.2 Å². The summed E-state index contributed by atoms with van der Waals surface area (Å²) in [7, 11) is -3.83. The van der Waals surface area contributed by atoms with E-state index < -0.39 is 10.0 Å². The highest BCUT2D eigenvalue weighted by Crippen LogP contribution is 2.29. The number of nitrogens with zero attached hydrogens (tertiary/aromatic N) is 4. The van der Waals surface area contributed by atoms with E-state index in [1.165, 1.54) is 8.99 Å². The van der Waals surface area contributed by atoms with Crippen LogP contribution in [0.2, 0.25) is 0 Å². The summed E-state index contributed by atoms with van der Waals surface area (Å²) in [6.07, 6.45) is 3.36. The second kappa shape index (κ2) is 9.74. The van der Waals surface area contributed by atoms with Crippen molar-refractivity contribution in [3.05, 3.63) is 11.4 Å². The maximum absolute atomic E-state index is 13.6. The van der Waals surface area contributed by atoms with Crippen LogP contribution in [0.15, 0.2) is 4.90 Å². The summed E-state index contributed by atoms with van der Waals surface area (Å²) < 4.78 is 30.1. The molecule has 0 bridgehead atoms. The molecule has 10 heteroatoms. The lowest BCUT2D eigenvalue weighted by Crippen LogP contribution is -2.48. The number of likely N-dealkylation sites (tertiary alicyclic amines) is 1. The number of carbonyl (C=O) groups excluding carboxylic acids is 2. The van der Waals surface area contributed by atoms with Crippen molar-refractivity contribution in [1.82, 2.24) is 24.3 Å². The number of sulfonamides is 1. The standard InChI is InChI=1S/C23H39N5O4S/c1-16-9-12-26(13-10-16)22(30)19-8-7-11-27(14-19)33(31,32)21-17(2)25-28(18(21)3)15-20(29)24-23(4,5)6/h16,19H,7-15H2,1-6H3,(H,24,29)/t19-/m1/s1. The topological polar surface area (TPSA) is 105 Å². The van der Waals surface area contributed by atoms with Crippen molar-refractivity contribution >= 4 is 21.8 Å². The van der Waals surface area contributed by atoms with E-state index in [1.807, 2.05) is 25.7 Å². The molecule has 2 fully saturated rings. The number of carbonyl (C=O) groups is 2. The van der Waals surface area contributed by atoms with Crippen molar-refractivity contribution in [3.8, 4) is 0 Å². The molecule has 3 rings (SSSR count). The van der Waals surface area contributed by atoms with Crippen LogP contribution in [0.25, 0.3) is 0 Å². The van der Waals surface area contributed by atoms with Crippen molar-refractivity contribution in [2.45, 2.75) is 84.2 Å². The quantitative estimate of drug-likeness (QED) is 0.693. The van der Waals surface area contributed by atoms with Gasteiger partial charge in [-0.3, -0.25) is 14.3 Å². The van der Waals surface area contributed by atoms with Crippen LogP contribution >= 0.6 is 0 Å². The minimum Gasteiger partial charge on any atom is -0.350 e. The molecule has 1 aromatic heterocycles. The summed E-state index contributed by atoms with van der Waals surface area (Å²) in [4.78, 5) is 27.5. The molecule has 0 saturated carbocycles. The van der Waals surface area contributed by atoms with Gasteiger partial charge in [-0.15, -0.1) is 0 Å². The first-order chi connectivity index (χ1) is 15.3. The zero-order chi connectivity index (χ0) is 24.6. The Morgan fingerprint density at radius 2 is 1.73 bits per heavy atom. The second-order valence-electron chi connectivity index (χ2n) is 10.7. The molecule has 2 saturated heterocycles. The normalized spacial score (nSPS) is 21.3. The van der Waals surface area contributed by atoms with E-state index in [-0.39, 0.29) is 41.3 Å². The molecular formula is C23H39N5O4S. The second-order valence-corrected chi connectivity index (χ2v) is 12.5. The number of rotatable bonds is 5. The summed E-state index contributed by atoms with van der Waals surface area (Å²) in [5.74, 6) is 0.168. The molecule has 3 heterocycles. The lowest BCUT2D eigenvalue weighted by Gasteiger charge is -2.36. The lowest BCUT2D eigenvalue weighted by molar-refractivity contribution is -0.138. The van der Waals surface area contributed by atoms with Crippen LogP contribution in [-0.4, -0.2) is 70.9 Å². The summed E-state index contributed by atoms with van der Waals surface area (Å²) in [6.45, 7) is 13.2. The highest BCUT2D eigenvalue weighted by molar-refractivity contribution is 7.89. The van der Waals surface area contributed by atoms with E-state index in [9.17, 15) is 18.0 Å². The Labute approximate surface area is 197 Å². The summed E-state index contributed by atoms with van der Waals surface area (Å²) in [5.41, 5.74) is 0.425. The zero-order valence-electron chi connectivity index (χ0n) is 20.8. The molecule has 2 amide bonds. The molecule has 1 N–H and O–H groups in total. The van der Waals surface area contributed by atoms with E-state index in [0.717, 1.165) is 25.9 Å². The third kappa shape index (κ3) is 5.95. The van der Waals surface area contributed by atoms with Crippen LogP contribution in [0, 0.1) is 25.7 Å². The van der Waals surface area contributed by atoms with Gasteiger partial charge in [-0.25, -0.2) is 8.42 Å². The first-order valence-corrected chi connectivity index (χ1v) is 13.4. The van der Waals surface area contributed by atoms with Gasteiger partial charge in [0.05, 0.1) is 17.3 Å². The number of hydrogen-bond acceptors (Lipinski definition) is 5. The van der Waals surface area contributed by atoms with E-state index in [4.69, 9.17) is 0 Å². The molecule has 0 unspecified atom stereocenters. The third-order valence-corrected chi connectivity index (χ3v) is 8.67. The van der Waals surface area contributed by atoms with Crippen LogP contribution in [0.5, 0.6) is 0 Å². The fourth-order valence-electron chi connectivity index (χ4n) is 4.78. The Hall–Kier alpha value is -1.94. The van der Waals surface area contributed by atoms with Crippen molar-refractivity contribution < 1.29 is 18.0 Å². The van der Waals surface area contributed by atoms with Crippen LogP contribution < -0.4 is 5.32 Å². The van der Waals surface area contributed by atoms with Gasteiger partial charge in [-0.2, -0.15) is 9.40 Å². The molecule has 1 aromatic rings. The number of hydrogen-bond donors (Lipinski definition) is 1. The van der Waals surface area contributed by atoms with Gasteiger partial charge in [0.25, 0.3) is 0 Å². The average Bonchev–Trinajstić information content (AvgIpc) is 3.00. The largest absolute Gasteiger partial charge is 0.350 e. The van der Waals surface area contributed by atoms with Gasteiger partial charge in [0.1, 0.15) is 11.4 Å². The molecule has 0 aromatic carbocycles. The van der Waals surface area contributed by atoms with E-state index in [0.29, 0.717) is 36.7 Å². The van der Waals surface area contributed by atoms with Gasteiger partial charge < -0.3 is 10.2 Å². The van der Waals surface area contributed by atoms with Gasteiger partial charge >= 0.3 is 0 Å². The fraction of sp³-hybridized carbons (Fsp3) is 0.783. The van der Waals surface area contributed by atoms with Crippen molar-refractivity contribution in [1.29, 1.82) is 0 Å². The molecule has 33 heavy (non-hydrogen) atoms. The molecule has 0 radical (unpaired) electrons. The first-order valence-electron chi connectivity index (χ1n) is 11.9. The molecule has 2 aliphatic rings. The fourth-order valence-corrected chi connectivity index (χ4v) is 6.68. The van der Waals surface area contributed by atoms with Crippen LogP contribution in [0.1, 0.15) is 64.8 Å². The zero-order valence-corrected chi connectivity index (χ0v) is 21.7. The highest BCUT2D eigenvalue weighted by atomic mass is 32.2. The molecule has 186 valence electrons.